The molecule has 7 heteroatoms. The van der Waals surface area contributed by atoms with E-state index in [4.69, 9.17) is 33.0 Å². The van der Waals surface area contributed by atoms with Gasteiger partial charge < -0.3 is 19.8 Å². The molecule has 124 valence electrons. The van der Waals surface area contributed by atoms with Crippen molar-refractivity contribution in [3.8, 4) is 11.3 Å². The Hall–Kier alpha value is -2.31. The van der Waals surface area contributed by atoms with Crippen LogP contribution in [0, 0.1) is 0 Å². The third-order valence-corrected chi connectivity index (χ3v) is 4.19. The lowest BCUT2D eigenvalue weighted by atomic mass is 10.0. The van der Waals surface area contributed by atoms with Crippen molar-refractivity contribution in [2.75, 3.05) is 7.11 Å². The number of hydrogen-bond acceptors (Lipinski definition) is 4. The molecule has 2 aromatic rings. The molecule has 3 rings (SSSR count). The van der Waals surface area contributed by atoms with Crippen molar-refractivity contribution in [1.82, 2.24) is 10.6 Å². The molecule has 2 heterocycles. The van der Waals surface area contributed by atoms with Crippen LogP contribution in [0.3, 0.4) is 0 Å². The number of carbonyl (C=O) groups excluding carboxylic acids is 1. The summed E-state index contributed by atoms with van der Waals surface area (Å²) < 4.78 is 10.8. The number of hydrogen-bond donors (Lipinski definition) is 2. The molecule has 5 nitrogen and oxygen atoms in total. The molecule has 24 heavy (non-hydrogen) atoms. The highest BCUT2D eigenvalue weighted by Gasteiger charge is 2.32. The molecule has 0 amide bonds. The number of esters is 1. The van der Waals surface area contributed by atoms with Gasteiger partial charge in [0.1, 0.15) is 17.6 Å². The molecule has 2 N–H and O–H groups in total. The van der Waals surface area contributed by atoms with E-state index in [0.29, 0.717) is 32.9 Å². The first-order valence-corrected chi connectivity index (χ1v) is 8.00. The standard InChI is InChI=1S/C17H15ClN2O3S/c1-9-14(16(21)22-2)15(20-17(24)19-9)13-8-7-12(23-13)10-3-5-11(18)6-4-10/h3-8,15H,1-2H3,(H2,19,20,24)/t15-/m0/s1. The minimum absolute atomic E-state index is 0.426. The van der Waals surface area contributed by atoms with E-state index in [0.717, 1.165) is 5.56 Å². The van der Waals surface area contributed by atoms with Gasteiger partial charge in [0, 0.05) is 16.3 Å². The molecule has 1 atom stereocenters. The number of thiocarbonyl (C=S) groups is 1. The van der Waals surface area contributed by atoms with E-state index in [1.54, 1.807) is 19.1 Å². The van der Waals surface area contributed by atoms with Crippen molar-refractivity contribution >= 4 is 34.9 Å². The summed E-state index contributed by atoms with van der Waals surface area (Å²) in [6, 6.07) is 10.5. The van der Waals surface area contributed by atoms with Gasteiger partial charge in [-0.05, 0) is 55.5 Å². The minimum Gasteiger partial charge on any atom is -0.466 e. The number of ether oxygens (including phenoxy) is 1. The highest BCUT2D eigenvalue weighted by Crippen LogP contribution is 2.32. The topological polar surface area (TPSA) is 63.5 Å². The first-order chi connectivity index (χ1) is 11.5. The fourth-order valence-electron chi connectivity index (χ4n) is 2.57. The normalized spacial score (nSPS) is 17.3. The van der Waals surface area contributed by atoms with E-state index in [1.165, 1.54) is 7.11 Å². The lowest BCUT2D eigenvalue weighted by Crippen LogP contribution is -2.44. The van der Waals surface area contributed by atoms with Gasteiger partial charge in [0.25, 0.3) is 0 Å². The molecule has 1 aliphatic rings. The van der Waals surface area contributed by atoms with Gasteiger partial charge in [-0.1, -0.05) is 11.6 Å². The molecule has 0 spiro atoms. The fourth-order valence-corrected chi connectivity index (χ4v) is 2.96. The molecule has 0 radical (unpaired) electrons. The summed E-state index contributed by atoms with van der Waals surface area (Å²) in [7, 11) is 1.34. The van der Waals surface area contributed by atoms with Crippen LogP contribution < -0.4 is 10.6 Å². The van der Waals surface area contributed by atoms with Gasteiger partial charge in [-0.3, -0.25) is 0 Å². The van der Waals surface area contributed by atoms with Crippen molar-refractivity contribution in [2.24, 2.45) is 0 Å². The Kier molecular flexibility index (Phi) is 4.59. The molecule has 0 saturated heterocycles. The predicted molar refractivity (Wildman–Crippen MR) is 95.5 cm³/mol. The molecular formula is C17H15ClN2O3S. The van der Waals surface area contributed by atoms with Crippen molar-refractivity contribution in [3.63, 3.8) is 0 Å². The zero-order valence-electron chi connectivity index (χ0n) is 13.1. The predicted octanol–water partition coefficient (Wildman–Crippen LogP) is 3.57. The maximum Gasteiger partial charge on any atom is 0.338 e. The number of benzene rings is 1. The van der Waals surface area contributed by atoms with Crippen LogP contribution in [0.1, 0.15) is 18.7 Å². The van der Waals surface area contributed by atoms with Gasteiger partial charge in [0.05, 0.1) is 12.7 Å². The lowest BCUT2D eigenvalue weighted by molar-refractivity contribution is -0.136. The first-order valence-electron chi connectivity index (χ1n) is 7.22. The van der Waals surface area contributed by atoms with Crippen LogP contribution >= 0.6 is 23.8 Å². The summed E-state index contributed by atoms with van der Waals surface area (Å²) in [6.45, 7) is 1.77. The Morgan fingerprint density at radius 3 is 2.62 bits per heavy atom. The second kappa shape index (κ2) is 6.67. The van der Waals surface area contributed by atoms with Gasteiger partial charge in [0.2, 0.25) is 0 Å². The van der Waals surface area contributed by atoms with Crippen molar-refractivity contribution in [3.05, 3.63) is 58.5 Å². The van der Waals surface area contributed by atoms with Gasteiger partial charge >= 0.3 is 5.97 Å². The molecule has 0 saturated carbocycles. The zero-order chi connectivity index (χ0) is 17.3. The van der Waals surface area contributed by atoms with Crippen LogP contribution in [0.25, 0.3) is 11.3 Å². The lowest BCUT2D eigenvalue weighted by Gasteiger charge is -2.27. The number of rotatable bonds is 3. The Morgan fingerprint density at radius 2 is 1.96 bits per heavy atom. The van der Waals surface area contributed by atoms with Crippen LogP contribution in [0.2, 0.25) is 5.02 Å². The Balaban J connectivity index is 1.98. The van der Waals surface area contributed by atoms with Crippen LogP contribution in [0.4, 0.5) is 0 Å². The SMILES string of the molecule is COC(=O)C1=C(C)NC(=S)N[C@H]1c1ccc(-c2ccc(Cl)cc2)o1. The summed E-state index contributed by atoms with van der Waals surface area (Å²) in [5, 5.41) is 7.06. The van der Waals surface area contributed by atoms with E-state index in [1.807, 2.05) is 24.3 Å². The van der Waals surface area contributed by atoms with Crippen molar-refractivity contribution < 1.29 is 13.9 Å². The second-order valence-corrected chi connectivity index (χ2v) is 6.12. The highest BCUT2D eigenvalue weighted by molar-refractivity contribution is 7.80. The number of halogens is 1. The monoisotopic (exact) mass is 362 g/mol. The average molecular weight is 363 g/mol. The molecule has 0 bridgehead atoms. The third-order valence-electron chi connectivity index (χ3n) is 3.71. The molecule has 1 aromatic heterocycles. The van der Waals surface area contributed by atoms with Gasteiger partial charge in [0.15, 0.2) is 5.11 Å². The zero-order valence-corrected chi connectivity index (χ0v) is 14.6. The number of furan rings is 1. The van der Waals surface area contributed by atoms with Gasteiger partial charge in [-0.2, -0.15) is 0 Å². The van der Waals surface area contributed by atoms with Gasteiger partial charge in [-0.25, -0.2) is 4.79 Å². The molecular weight excluding hydrogens is 348 g/mol. The molecule has 1 aliphatic heterocycles. The fraction of sp³-hybridized carbons (Fsp3) is 0.176. The van der Waals surface area contributed by atoms with E-state index in [9.17, 15) is 4.79 Å². The number of allylic oxidation sites excluding steroid dienone is 1. The number of carbonyl (C=O) groups is 1. The minimum atomic E-state index is -0.507. The Labute approximate surface area is 149 Å². The summed E-state index contributed by atoms with van der Waals surface area (Å²) in [5.74, 6) is 0.808. The van der Waals surface area contributed by atoms with Crippen molar-refractivity contribution in [2.45, 2.75) is 13.0 Å². The van der Waals surface area contributed by atoms with Crippen molar-refractivity contribution in [1.29, 1.82) is 0 Å². The quantitative estimate of drug-likeness (QED) is 0.643. The van der Waals surface area contributed by atoms with E-state index >= 15 is 0 Å². The molecule has 0 unspecified atom stereocenters. The summed E-state index contributed by atoms with van der Waals surface area (Å²) in [4.78, 5) is 12.1. The first kappa shape index (κ1) is 16.5. The van der Waals surface area contributed by atoms with E-state index in [2.05, 4.69) is 10.6 Å². The second-order valence-electron chi connectivity index (χ2n) is 5.27. The summed E-state index contributed by atoms with van der Waals surface area (Å²) in [6.07, 6.45) is 0. The summed E-state index contributed by atoms with van der Waals surface area (Å²) in [5.41, 5.74) is 1.96. The van der Waals surface area contributed by atoms with Crippen LogP contribution in [0.5, 0.6) is 0 Å². The summed E-state index contributed by atoms with van der Waals surface area (Å²) >= 11 is 11.1. The maximum absolute atomic E-state index is 12.1. The highest BCUT2D eigenvalue weighted by atomic mass is 35.5. The number of methoxy groups -OCH3 is 1. The Bertz CT molecular complexity index is 827. The Morgan fingerprint density at radius 1 is 1.25 bits per heavy atom. The van der Waals surface area contributed by atoms with Gasteiger partial charge in [-0.15, -0.1) is 0 Å². The molecule has 1 aromatic carbocycles. The molecule has 0 fully saturated rings. The number of nitrogens with one attached hydrogen (secondary N) is 2. The van der Waals surface area contributed by atoms with Crippen LogP contribution in [-0.2, 0) is 9.53 Å². The van der Waals surface area contributed by atoms with Crippen LogP contribution in [0.15, 0.2) is 52.1 Å². The maximum atomic E-state index is 12.1. The van der Waals surface area contributed by atoms with Crippen LogP contribution in [-0.4, -0.2) is 18.2 Å². The largest absolute Gasteiger partial charge is 0.466 e. The van der Waals surface area contributed by atoms with E-state index in [-0.39, 0.29) is 0 Å². The smallest absolute Gasteiger partial charge is 0.338 e. The third kappa shape index (κ3) is 3.16. The van der Waals surface area contributed by atoms with E-state index < -0.39 is 12.0 Å². The molecule has 0 aliphatic carbocycles. The average Bonchev–Trinajstić information content (AvgIpc) is 3.04.